The van der Waals surface area contributed by atoms with Gasteiger partial charge in [-0.3, -0.25) is 0 Å². The van der Waals surface area contributed by atoms with Gasteiger partial charge in [-0.25, -0.2) is 14.4 Å². The summed E-state index contributed by atoms with van der Waals surface area (Å²) >= 11 is 0. The number of hydrogen-bond donors (Lipinski definition) is 1. The molecule has 2 aromatic rings. The van der Waals surface area contributed by atoms with E-state index < -0.39 is 5.82 Å². The van der Waals surface area contributed by atoms with E-state index in [1.165, 1.54) is 33.7 Å². The Morgan fingerprint density at radius 3 is 2.24 bits per heavy atom. The summed E-state index contributed by atoms with van der Waals surface area (Å²) in [7, 11) is 4.44. The van der Waals surface area contributed by atoms with Gasteiger partial charge in [-0.2, -0.15) is 0 Å². The van der Waals surface area contributed by atoms with E-state index in [0.717, 1.165) is 0 Å². The zero-order chi connectivity index (χ0) is 15.2. The van der Waals surface area contributed by atoms with Crippen molar-refractivity contribution in [1.29, 1.82) is 0 Å². The Morgan fingerprint density at radius 2 is 1.71 bits per heavy atom. The number of nitrogens with one attached hydrogen (secondary N) is 1. The lowest BCUT2D eigenvalue weighted by molar-refractivity contribution is 0.363. The van der Waals surface area contributed by atoms with Crippen molar-refractivity contribution in [2.24, 2.45) is 0 Å². The van der Waals surface area contributed by atoms with Gasteiger partial charge in [-0.1, -0.05) is 0 Å². The fourth-order valence-electron chi connectivity index (χ4n) is 1.85. The monoisotopic (exact) mass is 293 g/mol. The normalized spacial score (nSPS) is 10.1. The first-order valence-electron chi connectivity index (χ1n) is 6.18. The Labute approximate surface area is 121 Å². The van der Waals surface area contributed by atoms with Crippen LogP contribution in [0.3, 0.4) is 0 Å². The lowest BCUT2D eigenvalue weighted by atomic mass is 10.2. The van der Waals surface area contributed by atoms with Crippen molar-refractivity contribution in [1.82, 2.24) is 9.97 Å². The molecule has 0 aliphatic heterocycles. The molecule has 2 rings (SSSR count). The van der Waals surface area contributed by atoms with Crippen LogP contribution in [0.1, 0.15) is 5.56 Å². The Bertz CT molecular complexity index is 600. The summed E-state index contributed by atoms with van der Waals surface area (Å²) in [6, 6.07) is 4.61. The lowest BCUT2D eigenvalue weighted by Gasteiger charge is -2.12. The lowest BCUT2D eigenvalue weighted by Crippen LogP contribution is -2.07. The highest BCUT2D eigenvalue weighted by atomic mass is 19.1. The summed E-state index contributed by atoms with van der Waals surface area (Å²) in [6.45, 7) is 0.332. The van der Waals surface area contributed by atoms with Gasteiger partial charge in [0.25, 0.3) is 0 Å². The van der Waals surface area contributed by atoms with Crippen LogP contribution < -0.4 is 19.5 Å². The van der Waals surface area contributed by atoms with Crippen molar-refractivity contribution in [3.63, 3.8) is 0 Å². The van der Waals surface area contributed by atoms with Gasteiger partial charge in [0.2, 0.25) is 11.8 Å². The van der Waals surface area contributed by atoms with E-state index in [4.69, 9.17) is 14.2 Å². The Hall–Kier alpha value is -2.57. The third kappa shape index (κ3) is 3.31. The van der Waals surface area contributed by atoms with E-state index in [2.05, 4.69) is 15.3 Å². The number of benzene rings is 1. The zero-order valence-corrected chi connectivity index (χ0v) is 12.0. The molecule has 112 valence electrons. The molecule has 1 aromatic heterocycles. The summed E-state index contributed by atoms with van der Waals surface area (Å²) in [5.74, 6) is 0.566. The minimum atomic E-state index is -0.439. The number of rotatable bonds is 6. The topological polar surface area (TPSA) is 65.5 Å². The van der Waals surface area contributed by atoms with Gasteiger partial charge in [0, 0.05) is 11.8 Å². The van der Waals surface area contributed by atoms with Gasteiger partial charge in [0.1, 0.15) is 6.33 Å². The van der Waals surface area contributed by atoms with Crippen LogP contribution in [0.2, 0.25) is 0 Å². The number of ether oxygens (including phenoxy) is 3. The summed E-state index contributed by atoms with van der Waals surface area (Å²) in [6.07, 6.45) is 1.36. The van der Waals surface area contributed by atoms with Crippen molar-refractivity contribution >= 4 is 5.69 Å². The zero-order valence-electron chi connectivity index (χ0n) is 12.0. The Kier molecular flexibility index (Phi) is 4.76. The highest BCUT2D eigenvalue weighted by Crippen LogP contribution is 2.26. The fraction of sp³-hybridized carbons (Fsp3) is 0.286. The van der Waals surface area contributed by atoms with Gasteiger partial charge in [0.05, 0.1) is 33.4 Å². The van der Waals surface area contributed by atoms with E-state index in [1.54, 1.807) is 12.1 Å². The van der Waals surface area contributed by atoms with Crippen molar-refractivity contribution in [3.05, 3.63) is 35.9 Å². The first-order valence-corrected chi connectivity index (χ1v) is 6.18. The molecule has 0 amide bonds. The number of methoxy groups -OCH3 is 3. The molecule has 1 N–H and O–H groups in total. The standard InChI is InChI=1S/C14H16FN3O3/c1-19-12-5-4-9(6-11(12)15)16-7-10-13(20-2)17-8-18-14(10)21-3/h4-6,8,16H,7H2,1-3H3. The van der Waals surface area contributed by atoms with Crippen LogP contribution in [-0.2, 0) is 6.54 Å². The summed E-state index contributed by atoms with van der Waals surface area (Å²) in [5, 5.41) is 3.07. The van der Waals surface area contributed by atoms with E-state index in [9.17, 15) is 4.39 Å². The molecular formula is C14H16FN3O3. The molecule has 0 aliphatic rings. The second-order valence-corrected chi connectivity index (χ2v) is 4.07. The summed E-state index contributed by atoms with van der Waals surface area (Å²) < 4.78 is 28.8. The highest BCUT2D eigenvalue weighted by Gasteiger charge is 2.13. The fourth-order valence-corrected chi connectivity index (χ4v) is 1.85. The predicted molar refractivity (Wildman–Crippen MR) is 75.4 cm³/mol. The predicted octanol–water partition coefficient (Wildman–Crippen LogP) is 2.25. The largest absolute Gasteiger partial charge is 0.494 e. The molecule has 6 nitrogen and oxygen atoms in total. The molecule has 0 saturated heterocycles. The first kappa shape index (κ1) is 14.8. The highest BCUT2D eigenvalue weighted by molar-refractivity contribution is 5.49. The molecule has 0 spiro atoms. The van der Waals surface area contributed by atoms with Crippen LogP contribution in [-0.4, -0.2) is 31.3 Å². The van der Waals surface area contributed by atoms with Crippen LogP contribution in [0.15, 0.2) is 24.5 Å². The van der Waals surface area contributed by atoms with Crippen LogP contribution in [0, 0.1) is 5.82 Å². The number of nitrogens with zero attached hydrogens (tertiary/aromatic N) is 2. The van der Waals surface area contributed by atoms with E-state index in [0.29, 0.717) is 29.6 Å². The third-order valence-corrected chi connectivity index (χ3v) is 2.87. The van der Waals surface area contributed by atoms with E-state index >= 15 is 0 Å². The molecule has 1 aromatic carbocycles. The van der Waals surface area contributed by atoms with Crippen molar-refractivity contribution < 1.29 is 18.6 Å². The molecule has 7 heteroatoms. The number of hydrogen-bond acceptors (Lipinski definition) is 6. The SMILES string of the molecule is COc1ccc(NCc2c(OC)ncnc2OC)cc1F. The quantitative estimate of drug-likeness (QED) is 0.881. The van der Waals surface area contributed by atoms with E-state index in [1.807, 2.05) is 0 Å². The van der Waals surface area contributed by atoms with Crippen LogP contribution in [0.5, 0.6) is 17.5 Å². The minimum absolute atomic E-state index is 0.193. The first-order chi connectivity index (χ1) is 10.2. The number of anilines is 1. The van der Waals surface area contributed by atoms with Crippen LogP contribution in [0.25, 0.3) is 0 Å². The van der Waals surface area contributed by atoms with Gasteiger partial charge < -0.3 is 19.5 Å². The molecule has 0 radical (unpaired) electrons. The van der Waals surface area contributed by atoms with Gasteiger partial charge in [0.15, 0.2) is 11.6 Å². The molecular weight excluding hydrogens is 277 g/mol. The smallest absolute Gasteiger partial charge is 0.225 e. The number of halogens is 1. The minimum Gasteiger partial charge on any atom is -0.494 e. The molecule has 0 bridgehead atoms. The summed E-state index contributed by atoms with van der Waals surface area (Å²) in [4.78, 5) is 8.03. The number of aromatic nitrogens is 2. The Morgan fingerprint density at radius 1 is 1.05 bits per heavy atom. The molecule has 0 unspecified atom stereocenters. The molecule has 21 heavy (non-hydrogen) atoms. The molecule has 0 atom stereocenters. The Balaban J connectivity index is 2.18. The van der Waals surface area contributed by atoms with Crippen molar-refractivity contribution in [3.8, 4) is 17.5 Å². The average Bonchev–Trinajstić information content (AvgIpc) is 2.52. The maximum Gasteiger partial charge on any atom is 0.225 e. The van der Waals surface area contributed by atoms with Gasteiger partial charge in [-0.05, 0) is 12.1 Å². The van der Waals surface area contributed by atoms with Gasteiger partial charge >= 0.3 is 0 Å². The second-order valence-electron chi connectivity index (χ2n) is 4.07. The van der Waals surface area contributed by atoms with Crippen molar-refractivity contribution in [2.45, 2.75) is 6.54 Å². The molecule has 1 heterocycles. The van der Waals surface area contributed by atoms with Crippen LogP contribution in [0.4, 0.5) is 10.1 Å². The average molecular weight is 293 g/mol. The van der Waals surface area contributed by atoms with Gasteiger partial charge in [-0.15, -0.1) is 0 Å². The maximum absolute atomic E-state index is 13.6. The second kappa shape index (κ2) is 6.74. The molecule has 0 fully saturated rings. The van der Waals surface area contributed by atoms with E-state index in [-0.39, 0.29) is 5.75 Å². The molecule has 0 aliphatic carbocycles. The third-order valence-electron chi connectivity index (χ3n) is 2.87. The molecule has 0 saturated carbocycles. The van der Waals surface area contributed by atoms with Crippen molar-refractivity contribution in [2.75, 3.05) is 26.6 Å². The summed E-state index contributed by atoms with van der Waals surface area (Å²) in [5.41, 5.74) is 1.25. The van der Waals surface area contributed by atoms with Crippen LogP contribution >= 0.6 is 0 Å². The maximum atomic E-state index is 13.6.